The summed E-state index contributed by atoms with van der Waals surface area (Å²) in [7, 11) is 3.24. The van der Waals surface area contributed by atoms with Crippen LogP contribution in [0.1, 0.15) is 45.7 Å². The van der Waals surface area contributed by atoms with E-state index in [2.05, 4.69) is 26.0 Å². The van der Waals surface area contributed by atoms with Crippen LogP contribution in [0.15, 0.2) is 48.5 Å². The summed E-state index contributed by atoms with van der Waals surface area (Å²) in [4.78, 5) is 22.3. The number of rotatable bonds is 8. The predicted octanol–water partition coefficient (Wildman–Crippen LogP) is 5.79. The maximum absolute atomic E-state index is 11.2. The number of aryl methyl sites for hydroxylation is 2. The first kappa shape index (κ1) is 21.3. The summed E-state index contributed by atoms with van der Waals surface area (Å²) in [5, 5.41) is 0. The number of methoxy groups -OCH3 is 2. The third-order valence-electron chi connectivity index (χ3n) is 5.39. The van der Waals surface area contributed by atoms with Crippen LogP contribution in [-0.4, -0.2) is 26.8 Å². The van der Waals surface area contributed by atoms with Gasteiger partial charge in [0, 0.05) is 22.3 Å². The first-order valence-corrected chi connectivity index (χ1v) is 10.0. The van der Waals surface area contributed by atoms with Crippen molar-refractivity contribution in [3.05, 3.63) is 70.8 Å². The van der Waals surface area contributed by atoms with E-state index in [1.165, 1.54) is 11.1 Å². The lowest BCUT2D eigenvalue weighted by Crippen LogP contribution is -1.99. The van der Waals surface area contributed by atoms with Crippen LogP contribution in [0, 0.1) is 0 Å². The number of carbonyl (C=O) groups is 2. The van der Waals surface area contributed by atoms with Gasteiger partial charge >= 0.3 is 0 Å². The van der Waals surface area contributed by atoms with Crippen molar-refractivity contribution in [1.82, 2.24) is 0 Å². The zero-order valence-electron chi connectivity index (χ0n) is 17.8. The molecule has 0 aliphatic carbocycles. The van der Waals surface area contributed by atoms with Crippen LogP contribution in [0.25, 0.3) is 22.3 Å². The fraction of sp³-hybridized carbons (Fsp3) is 0.231. The van der Waals surface area contributed by atoms with E-state index in [1.54, 1.807) is 26.4 Å². The van der Waals surface area contributed by atoms with E-state index in [0.717, 1.165) is 47.7 Å². The smallest absolute Gasteiger partial charge is 0.150 e. The number of ether oxygens (including phenoxy) is 2. The number of aldehydes is 2. The second-order valence-corrected chi connectivity index (χ2v) is 7.03. The largest absolute Gasteiger partial charge is 0.496 e. The summed E-state index contributed by atoms with van der Waals surface area (Å²) in [6.45, 7) is 4.24. The summed E-state index contributed by atoms with van der Waals surface area (Å²) in [5.41, 5.74) is 7.62. The molecule has 0 heterocycles. The monoisotopic (exact) mass is 402 g/mol. The molecule has 4 heteroatoms. The van der Waals surface area contributed by atoms with Crippen LogP contribution in [0.5, 0.6) is 11.5 Å². The van der Waals surface area contributed by atoms with E-state index in [0.29, 0.717) is 22.6 Å². The fourth-order valence-electron chi connectivity index (χ4n) is 3.78. The maximum atomic E-state index is 11.2. The second-order valence-electron chi connectivity index (χ2n) is 7.03. The first-order valence-electron chi connectivity index (χ1n) is 10.0. The summed E-state index contributed by atoms with van der Waals surface area (Å²) in [5.74, 6) is 1.36. The molecule has 0 N–H and O–H groups in total. The van der Waals surface area contributed by atoms with Crippen LogP contribution >= 0.6 is 0 Å². The van der Waals surface area contributed by atoms with Crippen molar-refractivity contribution in [2.75, 3.05) is 14.2 Å². The van der Waals surface area contributed by atoms with E-state index in [-0.39, 0.29) is 0 Å². The molecule has 0 spiro atoms. The fourth-order valence-corrected chi connectivity index (χ4v) is 3.78. The Morgan fingerprint density at radius 2 is 1.03 bits per heavy atom. The average Bonchev–Trinajstić information content (AvgIpc) is 2.82. The van der Waals surface area contributed by atoms with Gasteiger partial charge in [0.15, 0.2) is 0 Å². The Kier molecular flexibility index (Phi) is 6.68. The van der Waals surface area contributed by atoms with Gasteiger partial charge in [-0.2, -0.15) is 0 Å². The summed E-state index contributed by atoms with van der Waals surface area (Å²) < 4.78 is 11.2. The Labute approximate surface area is 177 Å². The normalized spacial score (nSPS) is 10.5. The minimum absolute atomic E-state index is 0.584. The molecule has 0 aliphatic rings. The highest BCUT2D eigenvalue weighted by Gasteiger charge is 2.17. The highest BCUT2D eigenvalue weighted by Crippen LogP contribution is 2.40. The minimum atomic E-state index is 0.584. The molecule has 0 aliphatic heterocycles. The first-order chi connectivity index (χ1) is 14.6. The standard InChI is InChI=1S/C26H26O4/c1-5-19-13-24(22-10-8-18(16-28)12-26(22)30-4)20(6-2)14-23(19)21-9-7-17(15-27)11-25(21)29-3/h7-16H,5-6H2,1-4H3. The lowest BCUT2D eigenvalue weighted by Gasteiger charge is -2.19. The zero-order valence-corrected chi connectivity index (χ0v) is 17.8. The second kappa shape index (κ2) is 9.40. The predicted molar refractivity (Wildman–Crippen MR) is 120 cm³/mol. The molecule has 0 atom stereocenters. The Morgan fingerprint density at radius 1 is 0.633 bits per heavy atom. The lowest BCUT2D eigenvalue weighted by atomic mass is 9.88. The van der Waals surface area contributed by atoms with Crippen molar-refractivity contribution in [3.8, 4) is 33.8 Å². The van der Waals surface area contributed by atoms with E-state index in [9.17, 15) is 9.59 Å². The zero-order chi connectivity index (χ0) is 21.7. The Bertz CT molecular complexity index is 995. The number of hydrogen-bond acceptors (Lipinski definition) is 4. The molecule has 3 aromatic carbocycles. The van der Waals surface area contributed by atoms with E-state index < -0.39 is 0 Å². The van der Waals surface area contributed by atoms with E-state index in [4.69, 9.17) is 9.47 Å². The van der Waals surface area contributed by atoms with Gasteiger partial charge in [0.2, 0.25) is 0 Å². The molecule has 3 rings (SSSR count). The molecule has 0 bridgehead atoms. The number of carbonyl (C=O) groups excluding carboxylic acids is 2. The van der Waals surface area contributed by atoms with E-state index >= 15 is 0 Å². The summed E-state index contributed by atoms with van der Waals surface area (Å²) in [6.07, 6.45) is 3.31. The molecular weight excluding hydrogens is 376 g/mol. The topological polar surface area (TPSA) is 52.6 Å². The van der Waals surface area contributed by atoms with Crippen molar-refractivity contribution < 1.29 is 19.1 Å². The molecule has 30 heavy (non-hydrogen) atoms. The van der Waals surface area contributed by atoms with Gasteiger partial charge in [0.05, 0.1) is 14.2 Å². The van der Waals surface area contributed by atoms with Crippen LogP contribution in [0.2, 0.25) is 0 Å². The summed E-state index contributed by atoms with van der Waals surface area (Å²) >= 11 is 0. The molecule has 0 amide bonds. The van der Waals surface area contributed by atoms with Gasteiger partial charge in [-0.15, -0.1) is 0 Å². The third kappa shape index (κ3) is 3.99. The molecule has 0 fully saturated rings. The van der Waals surface area contributed by atoms with Crippen molar-refractivity contribution in [3.63, 3.8) is 0 Å². The molecule has 4 nitrogen and oxygen atoms in total. The molecule has 0 radical (unpaired) electrons. The minimum Gasteiger partial charge on any atom is -0.496 e. The van der Waals surface area contributed by atoms with Gasteiger partial charge in [-0.1, -0.05) is 38.1 Å². The van der Waals surface area contributed by atoms with Crippen LogP contribution < -0.4 is 9.47 Å². The SMILES string of the molecule is CCc1cc(-c2ccc(C=O)cc2OC)c(CC)cc1-c1ccc(C=O)cc1OC. The molecule has 0 saturated heterocycles. The van der Waals surface area contributed by atoms with Crippen LogP contribution in [0.3, 0.4) is 0 Å². The Balaban J connectivity index is 2.24. The van der Waals surface area contributed by atoms with Gasteiger partial charge in [-0.05, 0) is 59.4 Å². The quantitative estimate of drug-likeness (QED) is 0.448. The lowest BCUT2D eigenvalue weighted by molar-refractivity contribution is 0.111. The number of hydrogen-bond donors (Lipinski definition) is 0. The van der Waals surface area contributed by atoms with Gasteiger partial charge in [-0.3, -0.25) is 9.59 Å². The van der Waals surface area contributed by atoms with Crippen molar-refractivity contribution in [2.45, 2.75) is 26.7 Å². The molecule has 0 aromatic heterocycles. The van der Waals surface area contributed by atoms with Crippen molar-refractivity contribution in [1.29, 1.82) is 0 Å². The van der Waals surface area contributed by atoms with Crippen LogP contribution in [0.4, 0.5) is 0 Å². The molecule has 0 saturated carbocycles. The average molecular weight is 402 g/mol. The van der Waals surface area contributed by atoms with Crippen molar-refractivity contribution >= 4 is 12.6 Å². The van der Waals surface area contributed by atoms with Gasteiger partial charge in [-0.25, -0.2) is 0 Å². The van der Waals surface area contributed by atoms with Gasteiger partial charge in [0.25, 0.3) is 0 Å². The van der Waals surface area contributed by atoms with Crippen molar-refractivity contribution in [2.24, 2.45) is 0 Å². The maximum Gasteiger partial charge on any atom is 0.150 e. The van der Waals surface area contributed by atoms with E-state index in [1.807, 2.05) is 24.3 Å². The van der Waals surface area contributed by atoms with Gasteiger partial charge in [0.1, 0.15) is 24.1 Å². The molecule has 3 aromatic rings. The Morgan fingerprint density at radius 3 is 1.33 bits per heavy atom. The third-order valence-corrected chi connectivity index (χ3v) is 5.39. The highest BCUT2D eigenvalue weighted by atomic mass is 16.5. The van der Waals surface area contributed by atoms with Crippen LogP contribution in [-0.2, 0) is 12.8 Å². The molecule has 154 valence electrons. The summed E-state index contributed by atoms with van der Waals surface area (Å²) in [6, 6.07) is 15.4. The highest BCUT2D eigenvalue weighted by molar-refractivity contribution is 5.85. The molecular formula is C26H26O4. The molecule has 0 unspecified atom stereocenters. The Hall–Kier alpha value is -3.40. The van der Waals surface area contributed by atoms with Gasteiger partial charge < -0.3 is 9.47 Å². The number of benzene rings is 3.